The van der Waals surface area contributed by atoms with E-state index in [2.05, 4.69) is 9.88 Å². The Labute approximate surface area is 144 Å². The SMILES string of the molecule is Cc1ncc(SCCN2CCC(C(=O)[O-])CC2)s1.[Na+]. The smallest absolute Gasteiger partial charge is 0.550 e. The predicted molar refractivity (Wildman–Crippen MR) is 71.7 cm³/mol. The third-order valence-corrected chi connectivity index (χ3v) is 5.26. The molecule has 2 rings (SSSR count). The van der Waals surface area contributed by atoms with Gasteiger partial charge in [-0.05, 0) is 32.9 Å². The minimum absolute atomic E-state index is 0. The molecule has 1 aromatic heterocycles. The Bertz CT molecular complexity index is 406. The van der Waals surface area contributed by atoms with E-state index in [1.807, 2.05) is 24.9 Å². The van der Waals surface area contributed by atoms with Crippen LogP contribution in [-0.4, -0.2) is 41.2 Å². The summed E-state index contributed by atoms with van der Waals surface area (Å²) < 4.78 is 1.26. The fourth-order valence-electron chi connectivity index (χ4n) is 2.08. The van der Waals surface area contributed by atoms with Crippen molar-refractivity contribution in [3.63, 3.8) is 0 Å². The number of thiazole rings is 1. The molecule has 0 radical (unpaired) electrons. The van der Waals surface area contributed by atoms with Gasteiger partial charge in [0.05, 0.1) is 15.4 Å². The number of thioether (sulfide) groups is 1. The molecule has 1 aliphatic rings. The van der Waals surface area contributed by atoms with E-state index in [9.17, 15) is 9.90 Å². The van der Waals surface area contributed by atoms with Gasteiger partial charge >= 0.3 is 29.6 Å². The zero-order valence-corrected chi connectivity index (χ0v) is 15.1. The van der Waals surface area contributed by atoms with Crippen LogP contribution in [0.15, 0.2) is 10.4 Å². The van der Waals surface area contributed by atoms with Crippen LogP contribution in [0.4, 0.5) is 0 Å². The maximum Gasteiger partial charge on any atom is 1.00 e. The Morgan fingerprint density at radius 1 is 1.58 bits per heavy atom. The Kier molecular flexibility index (Phi) is 7.94. The summed E-state index contributed by atoms with van der Waals surface area (Å²) in [6.45, 7) is 4.78. The number of carboxylic acid groups (broad SMARTS) is 1. The van der Waals surface area contributed by atoms with Gasteiger partial charge in [0.1, 0.15) is 0 Å². The molecule has 100 valence electrons. The van der Waals surface area contributed by atoms with Crippen LogP contribution >= 0.6 is 23.1 Å². The number of hydrogen-bond donors (Lipinski definition) is 0. The summed E-state index contributed by atoms with van der Waals surface area (Å²) in [6, 6.07) is 0. The van der Waals surface area contributed by atoms with E-state index in [0.717, 1.165) is 43.2 Å². The molecule has 0 saturated carbocycles. The van der Waals surface area contributed by atoms with Crippen LogP contribution < -0.4 is 34.7 Å². The quantitative estimate of drug-likeness (QED) is 0.466. The van der Waals surface area contributed by atoms with Gasteiger partial charge in [-0.1, -0.05) is 0 Å². The summed E-state index contributed by atoms with van der Waals surface area (Å²) in [6.07, 6.45) is 3.38. The third kappa shape index (κ3) is 5.73. The topological polar surface area (TPSA) is 56.3 Å². The van der Waals surface area contributed by atoms with Gasteiger partial charge in [0.15, 0.2) is 0 Å². The van der Waals surface area contributed by atoms with Gasteiger partial charge in [-0.3, -0.25) is 0 Å². The maximum absolute atomic E-state index is 10.7. The minimum atomic E-state index is -0.885. The minimum Gasteiger partial charge on any atom is -0.550 e. The molecule has 1 fully saturated rings. The van der Waals surface area contributed by atoms with Crippen molar-refractivity contribution >= 4 is 29.1 Å². The van der Waals surface area contributed by atoms with Gasteiger partial charge in [0.25, 0.3) is 0 Å². The molecule has 0 spiro atoms. The molecule has 7 heteroatoms. The van der Waals surface area contributed by atoms with Crippen molar-refractivity contribution in [2.75, 3.05) is 25.4 Å². The van der Waals surface area contributed by atoms with Crippen LogP contribution in [0.5, 0.6) is 0 Å². The number of aromatic nitrogens is 1. The number of carbonyl (C=O) groups excluding carboxylic acids is 1. The molecule has 0 aliphatic carbocycles. The van der Waals surface area contributed by atoms with Gasteiger partial charge in [-0.2, -0.15) is 0 Å². The number of hydrogen-bond acceptors (Lipinski definition) is 6. The number of nitrogens with zero attached hydrogens (tertiary/aromatic N) is 2. The molecule has 1 saturated heterocycles. The Balaban J connectivity index is 0.00000180. The molecule has 19 heavy (non-hydrogen) atoms. The second-order valence-electron chi connectivity index (χ2n) is 4.48. The number of carboxylic acids is 1. The van der Waals surface area contributed by atoms with Crippen molar-refractivity contribution in [3.05, 3.63) is 11.2 Å². The van der Waals surface area contributed by atoms with E-state index in [1.54, 1.807) is 11.3 Å². The monoisotopic (exact) mass is 308 g/mol. The molecule has 0 amide bonds. The molecule has 0 aromatic carbocycles. The van der Waals surface area contributed by atoms with Crippen LogP contribution in [0.3, 0.4) is 0 Å². The van der Waals surface area contributed by atoms with E-state index in [1.165, 1.54) is 4.21 Å². The summed E-state index contributed by atoms with van der Waals surface area (Å²) in [5.41, 5.74) is 0. The van der Waals surface area contributed by atoms with E-state index in [4.69, 9.17) is 0 Å². The molecule has 0 unspecified atom stereocenters. The first-order chi connectivity index (χ1) is 8.65. The first-order valence-corrected chi connectivity index (χ1v) is 7.94. The van der Waals surface area contributed by atoms with Crippen molar-refractivity contribution in [1.29, 1.82) is 0 Å². The Morgan fingerprint density at radius 2 is 2.26 bits per heavy atom. The third-order valence-electron chi connectivity index (χ3n) is 3.17. The van der Waals surface area contributed by atoms with Crippen molar-refractivity contribution in [3.8, 4) is 0 Å². The molecule has 0 N–H and O–H groups in total. The fourth-order valence-corrected chi connectivity index (χ4v) is 4.10. The average molecular weight is 308 g/mol. The standard InChI is InChI=1S/C12H18N2O2S2.Na/c1-9-13-8-11(18-9)17-7-6-14-4-2-10(3-5-14)12(15)16;/h8,10H,2-7H2,1H3,(H,15,16);/q;+1/p-1. The zero-order valence-electron chi connectivity index (χ0n) is 11.4. The van der Waals surface area contributed by atoms with Gasteiger partial charge in [-0.25, -0.2) is 4.98 Å². The fraction of sp³-hybridized carbons (Fsp3) is 0.667. The number of aliphatic carboxylic acids is 1. The first-order valence-electron chi connectivity index (χ1n) is 6.13. The Morgan fingerprint density at radius 3 is 2.79 bits per heavy atom. The van der Waals surface area contributed by atoms with Crippen molar-refractivity contribution in [2.24, 2.45) is 5.92 Å². The van der Waals surface area contributed by atoms with E-state index < -0.39 is 5.97 Å². The number of aryl methyl sites for hydroxylation is 1. The van der Waals surface area contributed by atoms with Gasteiger partial charge in [-0.15, -0.1) is 23.1 Å². The van der Waals surface area contributed by atoms with Gasteiger partial charge in [0, 0.05) is 24.2 Å². The van der Waals surface area contributed by atoms with Crippen LogP contribution in [0, 0.1) is 12.8 Å². The average Bonchev–Trinajstić information content (AvgIpc) is 2.76. The maximum atomic E-state index is 10.7. The predicted octanol–water partition coefficient (Wildman–Crippen LogP) is -1.99. The summed E-state index contributed by atoms with van der Waals surface area (Å²) >= 11 is 3.55. The summed E-state index contributed by atoms with van der Waals surface area (Å²) in [4.78, 5) is 17.3. The normalized spacial score (nSPS) is 17.1. The molecule has 1 aliphatic heterocycles. The summed E-state index contributed by atoms with van der Waals surface area (Å²) in [5.74, 6) is -0.0836. The molecule has 0 atom stereocenters. The van der Waals surface area contributed by atoms with Crippen molar-refractivity contribution in [2.45, 2.75) is 24.0 Å². The second kappa shape index (κ2) is 8.64. The number of carbonyl (C=O) groups is 1. The second-order valence-corrected chi connectivity index (χ2v) is 7.11. The number of piperidine rings is 1. The van der Waals surface area contributed by atoms with E-state index >= 15 is 0 Å². The van der Waals surface area contributed by atoms with Crippen molar-refractivity contribution in [1.82, 2.24) is 9.88 Å². The van der Waals surface area contributed by atoms with Crippen molar-refractivity contribution < 1.29 is 39.5 Å². The number of likely N-dealkylation sites (tertiary alicyclic amines) is 1. The van der Waals surface area contributed by atoms with E-state index in [0.29, 0.717) is 0 Å². The van der Waals surface area contributed by atoms with Crippen LogP contribution in [0.25, 0.3) is 0 Å². The van der Waals surface area contributed by atoms with Gasteiger partial charge < -0.3 is 14.8 Å². The first kappa shape index (κ1) is 17.5. The Hall–Kier alpha value is 0.410. The van der Waals surface area contributed by atoms with Gasteiger partial charge in [0.2, 0.25) is 0 Å². The van der Waals surface area contributed by atoms with Crippen LogP contribution in [0.2, 0.25) is 0 Å². The molecular weight excluding hydrogens is 291 g/mol. The zero-order chi connectivity index (χ0) is 13.0. The molecule has 0 bridgehead atoms. The van der Waals surface area contributed by atoms with Crippen LogP contribution in [0.1, 0.15) is 17.8 Å². The number of rotatable bonds is 5. The van der Waals surface area contributed by atoms with E-state index in [-0.39, 0.29) is 35.5 Å². The summed E-state index contributed by atoms with van der Waals surface area (Å²) in [7, 11) is 0. The molecule has 2 heterocycles. The van der Waals surface area contributed by atoms with Crippen LogP contribution in [-0.2, 0) is 4.79 Å². The molecule has 1 aromatic rings. The largest absolute Gasteiger partial charge is 1.00 e. The molecular formula is C12H17N2NaO2S2. The molecule has 4 nitrogen and oxygen atoms in total. The summed E-state index contributed by atoms with van der Waals surface area (Å²) in [5, 5.41) is 11.8.